The minimum atomic E-state index is 0.200. The van der Waals surface area contributed by atoms with E-state index in [1.54, 1.807) is 11.8 Å². The molecule has 3 nitrogen and oxygen atoms in total. The molecule has 1 aliphatic carbocycles. The van der Waals surface area contributed by atoms with Gasteiger partial charge in [0.2, 0.25) is 5.91 Å². The van der Waals surface area contributed by atoms with Crippen LogP contribution in [0.25, 0.3) is 0 Å². The van der Waals surface area contributed by atoms with Crippen molar-refractivity contribution in [3.8, 4) is 6.07 Å². The van der Waals surface area contributed by atoms with Gasteiger partial charge in [-0.15, -0.1) is 0 Å². The fraction of sp³-hybridized carbons (Fsp3) is 0.467. The van der Waals surface area contributed by atoms with Crippen LogP contribution in [0.2, 0.25) is 0 Å². The zero-order valence-electron chi connectivity index (χ0n) is 11.1. The number of nitrogens with one attached hydrogen (secondary N) is 1. The van der Waals surface area contributed by atoms with Crippen molar-refractivity contribution in [2.75, 3.05) is 12.3 Å². The van der Waals surface area contributed by atoms with Gasteiger partial charge in [-0.3, -0.25) is 4.79 Å². The summed E-state index contributed by atoms with van der Waals surface area (Å²) in [6.45, 7) is 2.82. The summed E-state index contributed by atoms with van der Waals surface area (Å²) in [7, 11) is 0. The highest BCUT2D eigenvalue weighted by atomic mass is 32.2. The first-order chi connectivity index (χ1) is 9.22. The first-order valence-electron chi connectivity index (χ1n) is 6.56. The number of rotatable bonds is 6. The number of benzene rings is 1. The van der Waals surface area contributed by atoms with E-state index in [1.807, 2.05) is 24.3 Å². The second kappa shape index (κ2) is 6.63. The van der Waals surface area contributed by atoms with E-state index in [2.05, 4.69) is 18.3 Å². The molecule has 100 valence electrons. The minimum Gasteiger partial charge on any atom is -0.355 e. The lowest BCUT2D eigenvalue weighted by molar-refractivity contribution is -0.122. The van der Waals surface area contributed by atoms with Gasteiger partial charge >= 0.3 is 0 Å². The quantitative estimate of drug-likeness (QED) is 0.811. The van der Waals surface area contributed by atoms with E-state index in [1.165, 1.54) is 0 Å². The van der Waals surface area contributed by atoms with Crippen molar-refractivity contribution in [3.05, 3.63) is 35.4 Å². The second-order valence-corrected chi connectivity index (χ2v) is 6.04. The largest absolute Gasteiger partial charge is 0.355 e. The average Bonchev–Trinajstić information content (AvgIpc) is 3.16. The molecule has 0 heterocycles. The Labute approximate surface area is 118 Å². The monoisotopic (exact) mass is 274 g/mol. The van der Waals surface area contributed by atoms with Crippen molar-refractivity contribution in [2.24, 2.45) is 11.8 Å². The zero-order chi connectivity index (χ0) is 13.7. The van der Waals surface area contributed by atoms with Crippen molar-refractivity contribution in [2.45, 2.75) is 19.1 Å². The number of nitrogens with zero attached hydrogens (tertiary/aromatic N) is 1. The van der Waals surface area contributed by atoms with Gasteiger partial charge in [0.1, 0.15) is 0 Å². The van der Waals surface area contributed by atoms with E-state index in [4.69, 9.17) is 5.26 Å². The van der Waals surface area contributed by atoms with Crippen molar-refractivity contribution in [3.63, 3.8) is 0 Å². The van der Waals surface area contributed by atoms with E-state index in [0.717, 1.165) is 29.1 Å². The Morgan fingerprint density at radius 3 is 2.95 bits per heavy atom. The van der Waals surface area contributed by atoms with Crippen LogP contribution in [0.3, 0.4) is 0 Å². The Kier molecular flexibility index (Phi) is 4.86. The third-order valence-corrected chi connectivity index (χ3v) is 4.40. The van der Waals surface area contributed by atoms with Crippen LogP contribution in [0.5, 0.6) is 0 Å². The SMILES string of the molecule is CC1CC1C(=O)NCCSCc1ccccc1C#N. The number of carbonyl (C=O) groups excluding carboxylic acids is 1. The maximum absolute atomic E-state index is 11.6. The van der Waals surface area contributed by atoms with Crippen LogP contribution in [-0.2, 0) is 10.5 Å². The van der Waals surface area contributed by atoms with Gasteiger partial charge in [-0.2, -0.15) is 17.0 Å². The number of amides is 1. The zero-order valence-corrected chi connectivity index (χ0v) is 11.9. The summed E-state index contributed by atoms with van der Waals surface area (Å²) in [6.07, 6.45) is 1.04. The van der Waals surface area contributed by atoms with Crippen LogP contribution in [0, 0.1) is 23.2 Å². The number of hydrogen-bond acceptors (Lipinski definition) is 3. The highest BCUT2D eigenvalue weighted by Crippen LogP contribution is 2.37. The van der Waals surface area contributed by atoms with Gasteiger partial charge < -0.3 is 5.32 Å². The Hall–Kier alpha value is -1.47. The maximum atomic E-state index is 11.6. The predicted molar refractivity (Wildman–Crippen MR) is 77.6 cm³/mol. The Morgan fingerprint density at radius 2 is 2.26 bits per heavy atom. The molecular formula is C15H18N2OS. The van der Waals surface area contributed by atoms with Crippen molar-refractivity contribution in [1.29, 1.82) is 5.26 Å². The van der Waals surface area contributed by atoms with Gasteiger partial charge in [0.05, 0.1) is 11.6 Å². The van der Waals surface area contributed by atoms with Crippen molar-refractivity contribution >= 4 is 17.7 Å². The summed E-state index contributed by atoms with van der Waals surface area (Å²) in [6, 6.07) is 9.85. The summed E-state index contributed by atoms with van der Waals surface area (Å²) in [5, 5.41) is 11.9. The predicted octanol–water partition coefficient (Wildman–Crippen LogP) is 2.56. The second-order valence-electron chi connectivity index (χ2n) is 4.93. The maximum Gasteiger partial charge on any atom is 0.223 e. The molecule has 1 aliphatic rings. The lowest BCUT2D eigenvalue weighted by atomic mass is 10.1. The normalized spacial score (nSPS) is 20.6. The van der Waals surface area contributed by atoms with Gasteiger partial charge in [-0.05, 0) is 24.0 Å². The molecule has 0 spiro atoms. The molecule has 4 heteroatoms. The third-order valence-electron chi connectivity index (χ3n) is 3.39. The van der Waals surface area contributed by atoms with Crippen molar-refractivity contribution in [1.82, 2.24) is 5.32 Å². The van der Waals surface area contributed by atoms with Gasteiger partial charge in [0.15, 0.2) is 0 Å². The smallest absolute Gasteiger partial charge is 0.223 e. The topological polar surface area (TPSA) is 52.9 Å². The summed E-state index contributed by atoms with van der Waals surface area (Å²) < 4.78 is 0. The fourth-order valence-electron chi connectivity index (χ4n) is 2.00. The molecule has 0 saturated heterocycles. The van der Waals surface area contributed by atoms with E-state index < -0.39 is 0 Å². The molecule has 2 unspecified atom stereocenters. The van der Waals surface area contributed by atoms with Gasteiger partial charge in [-0.25, -0.2) is 0 Å². The van der Waals surface area contributed by atoms with Crippen LogP contribution in [0.1, 0.15) is 24.5 Å². The molecule has 1 aromatic rings. The molecule has 1 amide bonds. The molecule has 2 atom stereocenters. The summed E-state index contributed by atoms with van der Waals surface area (Å²) >= 11 is 1.74. The van der Waals surface area contributed by atoms with Crippen molar-refractivity contribution < 1.29 is 4.79 Å². The summed E-state index contributed by atoms with van der Waals surface area (Å²) in [5.74, 6) is 2.72. The molecule has 1 saturated carbocycles. The van der Waals surface area contributed by atoms with Crippen LogP contribution in [0.4, 0.5) is 0 Å². The van der Waals surface area contributed by atoms with Crippen LogP contribution in [0.15, 0.2) is 24.3 Å². The first-order valence-corrected chi connectivity index (χ1v) is 7.71. The van der Waals surface area contributed by atoms with E-state index in [0.29, 0.717) is 12.5 Å². The molecule has 0 aromatic heterocycles. The molecule has 0 radical (unpaired) electrons. The van der Waals surface area contributed by atoms with Crippen LogP contribution in [-0.4, -0.2) is 18.2 Å². The minimum absolute atomic E-state index is 0.200. The molecule has 19 heavy (non-hydrogen) atoms. The lowest BCUT2D eigenvalue weighted by Crippen LogP contribution is -2.27. The summed E-state index contributed by atoms with van der Waals surface area (Å²) in [4.78, 5) is 11.6. The Morgan fingerprint density at radius 1 is 1.53 bits per heavy atom. The highest BCUT2D eigenvalue weighted by molar-refractivity contribution is 7.98. The van der Waals surface area contributed by atoms with Crippen LogP contribution < -0.4 is 5.32 Å². The number of hydrogen-bond donors (Lipinski definition) is 1. The molecule has 1 fully saturated rings. The number of thioether (sulfide) groups is 1. The Balaban J connectivity index is 1.64. The molecule has 1 aromatic carbocycles. The van der Waals surface area contributed by atoms with Gasteiger partial charge in [0.25, 0.3) is 0 Å². The van der Waals surface area contributed by atoms with Crippen LogP contribution >= 0.6 is 11.8 Å². The van der Waals surface area contributed by atoms with Gasteiger partial charge in [0, 0.05) is 24.0 Å². The molecule has 2 rings (SSSR count). The van der Waals surface area contributed by atoms with E-state index in [9.17, 15) is 4.79 Å². The molecule has 0 aliphatic heterocycles. The fourth-order valence-corrected chi connectivity index (χ4v) is 2.86. The van der Waals surface area contributed by atoms with Gasteiger partial charge in [-0.1, -0.05) is 25.1 Å². The number of carbonyl (C=O) groups is 1. The lowest BCUT2D eigenvalue weighted by Gasteiger charge is -2.05. The van der Waals surface area contributed by atoms with E-state index >= 15 is 0 Å². The standard InChI is InChI=1S/C15H18N2OS/c1-11-8-14(11)15(18)17-6-7-19-10-13-5-3-2-4-12(13)9-16/h2-5,11,14H,6-8,10H2,1H3,(H,17,18). The summed E-state index contributed by atoms with van der Waals surface area (Å²) in [5.41, 5.74) is 1.81. The molecule has 0 bridgehead atoms. The Bertz CT molecular complexity index is 495. The molecule has 1 N–H and O–H groups in total. The third kappa shape index (κ3) is 4.00. The highest BCUT2D eigenvalue weighted by Gasteiger charge is 2.38. The van der Waals surface area contributed by atoms with E-state index in [-0.39, 0.29) is 11.8 Å². The number of nitriles is 1. The average molecular weight is 274 g/mol. The first kappa shape index (κ1) is 14.0. The molecular weight excluding hydrogens is 256 g/mol.